The molecule has 0 radical (unpaired) electrons. The van der Waals surface area contributed by atoms with Gasteiger partial charge < -0.3 is 14.2 Å². The maximum atomic E-state index is 12.8. The summed E-state index contributed by atoms with van der Waals surface area (Å²) < 4.78 is 16.7. The molecule has 6 nitrogen and oxygen atoms in total. The highest BCUT2D eigenvalue weighted by atomic mass is 16.6. The normalized spacial score (nSPS) is 13.1. The van der Waals surface area contributed by atoms with Gasteiger partial charge in [-0.2, -0.15) is 0 Å². The SMILES string of the molecule is CC/C=C\C/C=C\C/C=C\C/C=C\CCCCCC(=O)OCC(COC(=O)CCCCCC/C=C\C/C=C\C/C=C\CC)OC(=O)CCCCCC/C=C\C/C=C\C/C=C\CC. The van der Waals surface area contributed by atoms with Crippen molar-refractivity contribution >= 4 is 17.9 Å². The van der Waals surface area contributed by atoms with Crippen molar-refractivity contribution in [2.45, 2.75) is 200 Å². The predicted molar refractivity (Wildman–Crippen MR) is 265 cm³/mol. The molecule has 6 heteroatoms. The van der Waals surface area contributed by atoms with Crippen LogP contribution in [0.4, 0.5) is 0 Å². The van der Waals surface area contributed by atoms with Crippen molar-refractivity contribution in [1.29, 1.82) is 0 Å². The van der Waals surface area contributed by atoms with Crippen molar-refractivity contribution in [3.8, 4) is 0 Å². The van der Waals surface area contributed by atoms with Crippen molar-refractivity contribution in [3.63, 3.8) is 0 Å². The number of hydrogen-bond donors (Lipinski definition) is 0. The van der Waals surface area contributed by atoms with Crippen LogP contribution in [0.2, 0.25) is 0 Å². The first-order valence-corrected chi connectivity index (χ1v) is 24.5. The van der Waals surface area contributed by atoms with Gasteiger partial charge in [-0.25, -0.2) is 0 Å². The number of rotatable bonds is 42. The van der Waals surface area contributed by atoms with Crippen LogP contribution in [-0.4, -0.2) is 37.2 Å². The second-order valence-corrected chi connectivity index (χ2v) is 15.6. The highest BCUT2D eigenvalue weighted by molar-refractivity contribution is 5.71. The zero-order valence-corrected chi connectivity index (χ0v) is 39.6. The minimum absolute atomic E-state index is 0.113. The zero-order valence-electron chi connectivity index (χ0n) is 39.6. The lowest BCUT2D eigenvalue weighted by Gasteiger charge is -2.18. The van der Waals surface area contributed by atoms with Crippen LogP contribution in [0.3, 0.4) is 0 Å². The summed E-state index contributed by atoms with van der Waals surface area (Å²) in [6.07, 6.45) is 67.5. The van der Waals surface area contributed by atoms with Crippen molar-refractivity contribution < 1.29 is 28.6 Å². The second-order valence-electron chi connectivity index (χ2n) is 15.6. The van der Waals surface area contributed by atoms with E-state index in [9.17, 15) is 14.4 Å². The number of carbonyl (C=O) groups is 3. The van der Waals surface area contributed by atoms with Crippen LogP contribution in [0.5, 0.6) is 0 Å². The molecule has 0 bridgehead atoms. The average molecular weight is 857 g/mol. The maximum absolute atomic E-state index is 12.8. The molecule has 0 amide bonds. The van der Waals surface area contributed by atoms with Crippen molar-refractivity contribution in [3.05, 3.63) is 122 Å². The number of ether oxygens (including phenoxy) is 3. The molecule has 0 aliphatic rings. The van der Waals surface area contributed by atoms with Gasteiger partial charge in [-0.1, -0.05) is 174 Å². The van der Waals surface area contributed by atoms with E-state index in [-0.39, 0.29) is 37.5 Å². The van der Waals surface area contributed by atoms with E-state index in [1.165, 1.54) is 0 Å². The number of allylic oxidation sites excluding steroid dienone is 20. The standard InChI is InChI=1S/C56H88O6/c1-4-7-10-13-16-19-22-25-28-29-32-34-37-40-43-46-49-55(58)61-52-53(62-56(59)50-47-44-41-38-35-31-27-24-21-18-15-12-9-6-3)51-60-54(57)48-45-42-39-36-33-30-26-23-20-17-14-11-8-5-2/h7-12,16-21,25-28,30-32,34,53H,4-6,13-15,22-24,29,33,35-52H2,1-3H3/b10-7-,11-8-,12-9-,19-16-,20-17-,21-18-,28-25-,30-26-,31-27-,34-32-. The summed E-state index contributed by atoms with van der Waals surface area (Å²) in [6.45, 7) is 6.20. The first kappa shape index (κ1) is 57.8. The Morgan fingerprint density at radius 2 is 0.581 bits per heavy atom. The third-order valence-corrected chi connectivity index (χ3v) is 9.69. The summed E-state index contributed by atoms with van der Waals surface area (Å²) in [5.41, 5.74) is 0. The second kappa shape index (κ2) is 49.5. The van der Waals surface area contributed by atoms with Crippen LogP contribution in [-0.2, 0) is 28.6 Å². The number of unbranched alkanes of at least 4 members (excludes halogenated alkanes) is 11. The van der Waals surface area contributed by atoms with Gasteiger partial charge in [-0.3, -0.25) is 14.4 Å². The Labute approximate surface area is 380 Å². The summed E-state index contributed by atoms with van der Waals surface area (Å²) in [6, 6.07) is 0. The summed E-state index contributed by atoms with van der Waals surface area (Å²) in [5, 5.41) is 0. The van der Waals surface area contributed by atoms with E-state index in [1.807, 2.05) is 0 Å². The van der Waals surface area contributed by atoms with E-state index in [0.717, 1.165) is 154 Å². The lowest BCUT2D eigenvalue weighted by atomic mass is 10.1. The maximum Gasteiger partial charge on any atom is 0.306 e. The van der Waals surface area contributed by atoms with E-state index in [2.05, 4.69) is 142 Å². The molecule has 0 aromatic heterocycles. The molecule has 0 rings (SSSR count). The molecule has 0 aromatic rings. The Bertz CT molecular complexity index is 1350. The van der Waals surface area contributed by atoms with Gasteiger partial charge >= 0.3 is 17.9 Å². The van der Waals surface area contributed by atoms with Gasteiger partial charge in [-0.15, -0.1) is 0 Å². The van der Waals surface area contributed by atoms with Crippen LogP contribution in [0.1, 0.15) is 194 Å². The molecule has 1 unspecified atom stereocenters. The molecule has 0 saturated carbocycles. The molecule has 0 aromatic carbocycles. The van der Waals surface area contributed by atoms with Crippen molar-refractivity contribution in [1.82, 2.24) is 0 Å². The van der Waals surface area contributed by atoms with Gasteiger partial charge in [0.05, 0.1) is 0 Å². The first-order valence-electron chi connectivity index (χ1n) is 24.5. The Hall–Kier alpha value is -4.19. The van der Waals surface area contributed by atoms with Crippen LogP contribution in [0.25, 0.3) is 0 Å². The lowest BCUT2D eigenvalue weighted by molar-refractivity contribution is -0.167. The molecular weight excluding hydrogens is 769 g/mol. The third kappa shape index (κ3) is 46.9. The number of hydrogen-bond acceptors (Lipinski definition) is 6. The lowest BCUT2D eigenvalue weighted by Crippen LogP contribution is -2.30. The largest absolute Gasteiger partial charge is 0.462 e. The quantitative estimate of drug-likeness (QED) is 0.0263. The van der Waals surface area contributed by atoms with Crippen LogP contribution < -0.4 is 0 Å². The Morgan fingerprint density at radius 1 is 0.323 bits per heavy atom. The minimum atomic E-state index is -0.815. The molecule has 0 aliphatic heterocycles. The van der Waals surface area contributed by atoms with Crippen LogP contribution in [0.15, 0.2) is 122 Å². The molecule has 348 valence electrons. The summed E-state index contributed by atoms with van der Waals surface area (Å²) >= 11 is 0. The van der Waals surface area contributed by atoms with Gasteiger partial charge in [0.2, 0.25) is 0 Å². The summed E-state index contributed by atoms with van der Waals surface area (Å²) in [7, 11) is 0. The van der Waals surface area contributed by atoms with Gasteiger partial charge in [0.25, 0.3) is 0 Å². The number of carbonyl (C=O) groups excluding carboxylic acids is 3. The summed E-state index contributed by atoms with van der Waals surface area (Å²) in [4.78, 5) is 37.9. The topological polar surface area (TPSA) is 78.9 Å². The minimum Gasteiger partial charge on any atom is -0.462 e. The van der Waals surface area contributed by atoms with Gasteiger partial charge in [0.1, 0.15) is 13.2 Å². The monoisotopic (exact) mass is 857 g/mol. The molecule has 0 fully saturated rings. The highest BCUT2D eigenvalue weighted by Crippen LogP contribution is 2.12. The first-order chi connectivity index (χ1) is 30.5. The Morgan fingerprint density at radius 3 is 0.903 bits per heavy atom. The molecular formula is C56H88O6. The fraction of sp³-hybridized carbons (Fsp3) is 0.589. The molecule has 1 atom stereocenters. The highest BCUT2D eigenvalue weighted by Gasteiger charge is 2.19. The molecule has 0 N–H and O–H groups in total. The Balaban J connectivity index is 4.54. The summed E-state index contributed by atoms with van der Waals surface area (Å²) in [5.74, 6) is -0.998. The van der Waals surface area contributed by atoms with Gasteiger partial charge in [0, 0.05) is 19.3 Å². The van der Waals surface area contributed by atoms with E-state index >= 15 is 0 Å². The predicted octanol–water partition coefficient (Wildman–Crippen LogP) is 16.1. The number of esters is 3. The van der Waals surface area contributed by atoms with Crippen LogP contribution in [0, 0.1) is 0 Å². The zero-order chi connectivity index (χ0) is 45.1. The van der Waals surface area contributed by atoms with E-state index in [0.29, 0.717) is 12.8 Å². The van der Waals surface area contributed by atoms with Crippen LogP contribution >= 0.6 is 0 Å². The molecule has 0 aliphatic carbocycles. The molecule has 0 heterocycles. The molecule has 62 heavy (non-hydrogen) atoms. The third-order valence-electron chi connectivity index (χ3n) is 9.69. The average Bonchev–Trinajstić information content (AvgIpc) is 3.27. The molecule has 0 spiro atoms. The fourth-order valence-corrected chi connectivity index (χ4v) is 6.11. The van der Waals surface area contributed by atoms with E-state index in [4.69, 9.17) is 14.2 Å². The molecule has 0 saturated heterocycles. The Kier molecular flexibility index (Phi) is 46.1. The van der Waals surface area contributed by atoms with Gasteiger partial charge in [-0.05, 0) is 122 Å². The smallest absolute Gasteiger partial charge is 0.306 e. The fourth-order valence-electron chi connectivity index (χ4n) is 6.11. The van der Waals surface area contributed by atoms with Gasteiger partial charge in [0.15, 0.2) is 6.10 Å². The van der Waals surface area contributed by atoms with Crippen molar-refractivity contribution in [2.24, 2.45) is 0 Å². The van der Waals surface area contributed by atoms with Crippen molar-refractivity contribution in [2.75, 3.05) is 13.2 Å². The van der Waals surface area contributed by atoms with E-state index in [1.54, 1.807) is 0 Å². The van der Waals surface area contributed by atoms with E-state index < -0.39 is 6.10 Å².